The maximum atomic E-state index is 9.96. The highest BCUT2D eigenvalue weighted by atomic mass is 16.3. The van der Waals surface area contributed by atoms with Gasteiger partial charge in [0.2, 0.25) is 0 Å². The van der Waals surface area contributed by atoms with Crippen molar-refractivity contribution in [1.82, 2.24) is 0 Å². The van der Waals surface area contributed by atoms with Crippen LogP contribution in [0, 0.1) is 11.3 Å². The van der Waals surface area contributed by atoms with Gasteiger partial charge in [-0.05, 0) is 31.6 Å². The van der Waals surface area contributed by atoms with Gasteiger partial charge in [0.15, 0.2) is 0 Å². The minimum Gasteiger partial charge on any atom is -0.392 e. The van der Waals surface area contributed by atoms with E-state index < -0.39 is 0 Å². The van der Waals surface area contributed by atoms with Gasteiger partial charge in [-0.15, -0.1) is 0 Å². The molecule has 0 aromatic carbocycles. The lowest BCUT2D eigenvalue weighted by Crippen LogP contribution is -2.39. The van der Waals surface area contributed by atoms with Crippen LogP contribution in [-0.4, -0.2) is 22.4 Å². The lowest BCUT2D eigenvalue weighted by atomic mass is 9.79. The first kappa shape index (κ1) is 8.52. The largest absolute Gasteiger partial charge is 0.392 e. The standard InChI is InChI=1S/C10H18O2/c1-7-4-6-10(9(7)12)5-2-3-8(10)11/h7-9,11-12H,2-6H2,1H3/t7-,8+,9+,10+/m1/s1. The fraction of sp³-hybridized carbons (Fsp3) is 1.00. The summed E-state index contributed by atoms with van der Waals surface area (Å²) in [5, 5.41) is 19.8. The zero-order chi connectivity index (χ0) is 8.77. The zero-order valence-corrected chi connectivity index (χ0v) is 7.66. The topological polar surface area (TPSA) is 40.5 Å². The van der Waals surface area contributed by atoms with Gasteiger partial charge < -0.3 is 10.2 Å². The smallest absolute Gasteiger partial charge is 0.0646 e. The highest BCUT2D eigenvalue weighted by Crippen LogP contribution is 2.52. The summed E-state index contributed by atoms with van der Waals surface area (Å²) in [5.74, 6) is 0.387. The summed E-state index contributed by atoms with van der Waals surface area (Å²) in [6.45, 7) is 2.09. The Morgan fingerprint density at radius 1 is 1.17 bits per heavy atom. The average molecular weight is 170 g/mol. The third kappa shape index (κ3) is 0.944. The van der Waals surface area contributed by atoms with Gasteiger partial charge in [0.1, 0.15) is 0 Å². The third-order valence-corrected chi connectivity index (χ3v) is 3.98. The molecule has 0 aromatic rings. The Bertz CT molecular complexity index is 181. The molecule has 0 amide bonds. The second-order valence-corrected chi connectivity index (χ2v) is 4.60. The van der Waals surface area contributed by atoms with Gasteiger partial charge in [0, 0.05) is 5.41 Å². The molecule has 2 aliphatic carbocycles. The molecule has 0 radical (unpaired) electrons. The number of rotatable bonds is 0. The van der Waals surface area contributed by atoms with Gasteiger partial charge in [-0.1, -0.05) is 13.3 Å². The van der Waals surface area contributed by atoms with E-state index in [1.54, 1.807) is 0 Å². The van der Waals surface area contributed by atoms with Crippen LogP contribution in [0.1, 0.15) is 39.0 Å². The van der Waals surface area contributed by atoms with Gasteiger partial charge in [-0.2, -0.15) is 0 Å². The summed E-state index contributed by atoms with van der Waals surface area (Å²) in [5.41, 5.74) is -0.112. The molecule has 2 aliphatic rings. The maximum absolute atomic E-state index is 9.96. The van der Waals surface area contributed by atoms with Gasteiger partial charge >= 0.3 is 0 Å². The molecule has 0 saturated heterocycles. The van der Waals surface area contributed by atoms with Gasteiger partial charge in [0.25, 0.3) is 0 Å². The van der Waals surface area contributed by atoms with E-state index in [1.807, 2.05) is 0 Å². The van der Waals surface area contributed by atoms with E-state index in [1.165, 1.54) is 0 Å². The van der Waals surface area contributed by atoms with Gasteiger partial charge in [0.05, 0.1) is 12.2 Å². The lowest BCUT2D eigenvalue weighted by Gasteiger charge is -2.32. The molecule has 0 unspecified atom stereocenters. The van der Waals surface area contributed by atoms with Crippen molar-refractivity contribution in [2.45, 2.75) is 51.2 Å². The average Bonchev–Trinajstić information content (AvgIpc) is 2.54. The van der Waals surface area contributed by atoms with Crippen LogP contribution < -0.4 is 0 Å². The molecule has 1 spiro atoms. The van der Waals surface area contributed by atoms with E-state index in [9.17, 15) is 10.2 Å². The third-order valence-electron chi connectivity index (χ3n) is 3.98. The van der Waals surface area contributed by atoms with E-state index in [0.29, 0.717) is 5.92 Å². The quantitative estimate of drug-likeness (QED) is 0.575. The molecule has 70 valence electrons. The molecule has 0 aromatic heterocycles. The summed E-state index contributed by atoms with van der Waals surface area (Å²) in [6.07, 6.45) is 4.62. The second-order valence-electron chi connectivity index (χ2n) is 4.60. The highest BCUT2D eigenvalue weighted by molar-refractivity contribution is 5.02. The Labute approximate surface area is 73.6 Å². The molecule has 2 rings (SSSR count). The fourth-order valence-corrected chi connectivity index (χ4v) is 3.08. The normalized spacial score (nSPS) is 53.8. The summed E-state index contributed by atoms with van der Waals surface area (Å²) in [4.78, 5) is 0. The molecule has 4 atom stereocenters. The van der Waals surface area contributed by atoms with Crippen LogP contribution in [0.25, 0.3) is 0 Å². The van der Waals surface area contributed by atoms with Gasteiger partial charge in [-0.3, -0.25) is 0 Å². The molecule has 0 heterocycles. The SMILES string of the molecule is C[C@@H]1CC[C@]2(CCC[C@@H]2O)[C@H]1O. The predicted octanol–water partition coefficient (Wildman–Crippen LogP) is 1.31. The van der Waals surface area contributed by atoms with Crippen molar-refractivity contribution >= 4 is 0 Å². The molecule has 0 bridgehead atoms. The molecule has 2 heteroatoms. The van der Waals surface area contributed by atoms with Crippen molar-refractivity contribution in [3.8, 4) is 0 Å². The Morgan fingerprint density at radius 3 is 2.33 bits per heavy atom. The van der Waals surface area contributed by atoms with E-state index in [2.05, 4.69) is 6.92 Å². The molecular weight excluding hydrogens is 152 g/mol. The number of hydrogen-bond acceptors (Lipinski definition) is 2. The van der Waals surface area contributed by atoms with Crippen molar-refractivity contribution in [2.24, 2.45) is 11.3 Å². The Morgan fingerprint density at radius 2 is 1.92 bits per heavy atom. The molecule has 2 nitrogen and oxygen atoms in total. The predicted molar refractivity (Wildman–Crippen MR) is 46.7 cm³/mol. The molecular formula is C10H18O2. The van der Waals surface area contributed by atoms with Crippen molar-refractivity contribution in [3.63, 3.8) is 0 Å². The van der Waals surface area contributed by atoms with Crippen molar-refractivity contribution in [1.29, 1.82) is 0 Å². The Balaban J connectivity index is 2.20. The molecule has 0 aliphatic heterocycles. The van der Waals surface area contributed by atoms with Crippen LogP contribution in [0.4, 0.5) is 0 Å². The Hall–Kier alpha value is -0.0800. The zero-order valence-electron chi connectivity index (χ0n) is 7.66. The fourth-order valence-electron chi connectivity index (χ4n) is 3.08. The van der Waals surface area contributed by atoms with Crippen LogP contribution in [0.2, 0.25) is 0 Å². The van der Waals surface area contributed by atoms with Crippen LogP contribution in [-0.2, 0) is 0 Å². The monoisotopic (exact) mass is 170 g/mol. The summed E-state index contributed by atoms with van der Waals surface area (Å²) in [7, 11) is 0. The minimum absolute atomic E-state index is 0.112. The number of aliphatic hydroxyl groups excluding tert-OH is 2. The molecule has 2 fully saturated rings. The highest BCUT2D eigenvalue weighted by Gasteiger charge is 2.52. The van der Waals surface area contributed by atoms with Crippen LogP contribution >= 0.6 is 0 Å². The lowest BCUT2D eigenvalue weighted by molar-refractivity contribution is -0.0428. The molecule has 12 heavy (non-hydrogen) atoms. The van der Waals surface area contributed by atoms with E-state index in [0.717, 1.165) is 32.1 Å². The first-order chi connectivity index (χ1) is 5.67. The van der Waals surface area contributed by atoms with E-state index >= 15 is 0 Å². The van der Waals surface area contributed by atoms with Crippen LogP contribution in [0.3, 0.4) is 0 Å². The van der Waals surface area contributed by atoms with Crippen molar-refractivity contribution < 1.29 is 10.2 Å². The first-order valence-electron chi connectivity index (χ1n) is 5.03. The molecule has 2 saturated carbocycles. The van der Waals surface area contributed by atoms with Gasteiger partial charge in [-0.25, -0.2) is 0 Å². The number of hydrogen-bond donors (Lipinski definition) is 2. The summed E-state index contributed by atoms with van der Waals surface area (Å²) < 4.78 is 0. The first-order valence-corrected chi connectivity index (χ1v) is 5.03. The number of aliphatic hydroxyl groups is 2. The minimum atomic E-state index is -0.255. The van der Waals surface area contributed by atoms with Crippen molar-refractivity contribution in [3.05, 3.63) is 0 Å². The van der Waals surface area contributed by atoms with E-state index in [4.69, 9.17) is 0 Å². The van der Waals surface area contributed by atoms with Crippen LogP contribution in [0.15, 0.2) is 0 Å². The Kier molecular flexibility index (Phi) is 1.92. The summed E-state index contributed by atoms with van der Waals surface area (Å²) >= 11 is 0. The van der Waals surface area contributed by atoms with E-state index in [-0.39, 0.29) is 17.6 Å². The molecule has 2 N–H and O–H groups in total. The second kappa shape index (κ2) is 2.71. The van der Waals surface area contributed by atoms with Crippen LogP contribution in [0.5, 0.6) is 0 Å². The maximum Gasteiger partial charge on any atom is 0.0646 e. The summed E-state index contributed by atoms with van der Waals surface area (Å²) in [6, 6.07) is 0. The van der Waals surface area contributed by atoms with Crippen molar-refractivity contribution in [2.75, 3.05) is 0 Å².